The Kier molecular flexibility index (Phi) is 4.86. The number of aryl methyl sites for hydroxylation is 1. The Morgan fingerprint density at radius 3 is 2.96 bits per heavy atom. The number of benzene rings is 2. The smallest absolute Gasteiger partial charge is 0.233 e. The summed E-state index contributed by atoms with van der Waals surface area (Å²) >= 11 is 0. The molecule has 1 unspecified atom stereocenters. The quantitative estimate of drug-likeness (QED) is 0.673. The van der Waals surface area contributed by atoms with E-state index in [1.54, 1.807) is 24.1 Å². The summed E-state index contributed by atoms with van der Waals surface area (Å²) in [6.45, 7) is 2.01. The van der Waals surface area contributed by atoms with Crippen molar-refractivity contribution in [3.8, 4) is 17.1 Å². The van der Waals surface area contributed by atoms with Crippen LogP contribution in [-0.4, -0.2) is 24.2 Å². The van der Waals surface area contributed by atoms with Crippen LogP contribution in [0.15, 0.2) is 53.1 Å². The molecule has 144 valence electrons. The van der Waals surface area contributed by atoms with Crippen LogP contribution in [0, 0.1) is 5.82 Å². The Morgan fingerprint density at radius 1 is 1.29 bits per heavy atom. The monoisotopic (exact) mass is 380 g/mol. The molecule has 5 nitrogen and oxygen atoms in total. The first kappa shape index (κ1) is 18.2. The topological polar surface area (TPSA) is 55.6 Å². The maximum Gasteiger partial charge on any atom is 0.233 e. The highest BCUT2D eigenvalue weighted by Gasteiger charge is 2.29. The molecule has 0 radical (unpaired) electrons. The van der Waals surface area contributed by atoms with Gasteiger partial charge >= 0.3 is 0 Å². The molecule has 0 bridgehead atoms. The van der Waals surface area contributed by atoms with E-state index in [0.717, 1.165) is 35.4 Å². The summed E-state index contributed by atoms with van der Waals surface area (Å²) < 4.78 is 24.2. The van der Waals surface area contributed by atoms with E-state index in [1.165, 1.54) is 12.1 Å². The summed E-state index contributed by atoms with van der Waals surface area (Å²) in [4.78, 5) is 14.8. The number of carbonyl (C=O) groups is 1. The average Bonchev–Trinajstić information content (AvgIpc) is 3.16. The molecule has 0 saturated carbocycles. The van der Waals surface area contributed by atoms with Gasteiger partial charge in [-0.25, -0.2) is 4.39 Å². The van der Waals surface area contributed by atoms with Gasteiger partial charge in [0.2, 0.25) is 5.91 Å². The van der Waals surface area contributed by atoms with Gasteiger partial charge in [0.1, 0.15) is 11.6 Å². The predicted octanol–water partition coefficient (Wildman–Crippen LogP) is 4.40. The first-order chi connectivity index (χ1) is 13.5. The van der Waals surface area contributed by atoms with Crippen molar-refractivity contribution < 1.29 is 18.4 Å². The molecule has 0 fully saturated rings. The Morgan fingerprint density at radius 2 is 2.14 bits per heavy atom. The van der Waals surface area contributed by atoms with Crippen molar-refractivity contribution in [2.24, 2.45) is 0 Å². The van der Waals surface area contributed by atoms with Crippen LogP contribution in [0.4, 0.5) is 10.1 Å². The van der Waals surface area contributed by atoms with E-state index >= 15 is 0 Å². The highest BCUT2D eigenvalue weighted by atomic mass is 19.1. The fourth-order valence-corrected chi connectivity index (χ4v) is 3.65. The second-order valence-electron chi connectivity index (χ2n) is 7.02. The minimum Gasteiger partial charge on any atom is -0.497 e. The lowest BCUT2D eigenvalue weighted by atomic mass is 9.96. The summed E-state index contributed by atoms with van der Waals surface area (Å²) in [5.41, 5.74) is 3.03. The van der Waals surface area contributed by atoms with Crippen LogP contribution in [0.1, 0.15) is 24.6 Å². The van der Waals surface area contributed by atoms with E-state index in [4.69, 9.17) is 9.26 Å². The van der Waals surface area contributed by atoms with Crippen LogP contribution >= 0.6 is 0 Å². The minimum absolute atomic E-state index is 0.0511. The summed E-state index contributed by atoms with van der Waals surface area (Å²) in [7, 11) is 1.60. The van der Waals surface area contributed by atoms with Crippen molar-refractivity contribution in [1.82, 2.24) is 5.16 Å². The van der Waals surface area contributed by atoms with Gasteiger partial charge in [-0.2, -0.15) is 0 Å². The number of halogens is 1. The van der Waals surface area contributed by atoms with Crippen LogP contribution < -0.4 is 9.64 Å². The third kappa shape index (κ3) is 3.50. The number of rotatable bonds is 4. The van der Waals surface area contributed by atoms with E-state index in [9.17, 15) is 9.18 Å². The highest BCUT2D eigenvalue weighted by Crippen LogP contribution is 2.32. The normalized spacial score (nSPS) is 16.0. The molecule has 0 spiro atoms. The van der Waals surface area contributed by atoms with Gasteiger partial charge in [0.05, 0.1) is 19.2 Å². The summed E-state index contributed by atoms with van der Waals surface area (Å²) in [5, 5.41) is 4.05. The standard InChI is InChI=1S/C22H21FN2O3/c1-14-6-7-15-10-17(23)8-9-20(15)25(14)22(26)13-18-12-21(28-24-18)16-4-3-5-19(11-16)27-2/h3-5,8-12,14H,6-7,13H2,1-2H3. The Hall–Kier alpha value is -3.15. The Balaban J connectivity index is 1.55. The fraction of sp³-hybridized carbons (Fsp3) is 0.273. The van der Waals surface area contributed by atoms with Crippen LogP contribution in [-0.2, 0) is 17.6 Å². The van der Waals surface area contributed by atoms with E-state index in [-0.39, 0.29) is 24.2 Å². The molecule has 0 aliphatic carbocycles. The van der Waals surface area contributed by atoms with Gasteiger partial charge < -0.3 is 14.2 Å². The summed E-state index contributed by atoms with van der Waals surface area (Å²) in [6, 6.07) is 13.9. The molecule has 1 aliphatic rings. The largest absolute Gasteiger partial charge is 0.497 e. The van der Waals surface area contributed by atoms with Crippen LogP contribution in [0.2, 0.25) is 0 Å². The summed E-state index contributed by atoms with van der Waals surface area (Å²) in [6.07, 6.45) is 1.69. The van der Waals surface area contributed by atoms with Crippen LogP contribution in [0.25, 0.3) is 11.3 Å². The third-order valence-corrected chi connectivity index (χ3v) is 5.09. The zero-order valence-corrected chi connectivity index (χ0v) is 15.8. The van der Waals surface area contributed by atoms with Gasteiger partial charge in [-0.15, -0.1) is 0 Å². The molecule has 28 heavy (non-hydrogen) atoms. The number of hydrogen-bond donors (Lipinski definition) is 0. The lowest BCUT2D eigenvalue weighted by Crippen LogP contribution is -2.43. The predicted molar refractivity (Wildman–Crippen MR) is 104 cm³/mol. The number of amides is 1. The van der Waals surface area contributed by atoms with Crippen molar-refractivity contribution in [3.63, 3.8) is 0 Å². The molecular weight excluding hydrogens is 359 g/mol. The lowest BCUT2D eigenvalue weighted by molar-refractivity contribution is -0.118. The Labute approximate surface area is 162 Å². The number of hydrogen-bond acceptors (Lipinski definition) is 4. The van der Waals surface area contributed by atoms with Crippen molar-refractivity contribution >= 4 is 11.6 Å². The average molecular weight is 380 g/mol. The van der Waals surface area contributed by atoms with E-state index < -0.39 is 0 Å². The highest BCUT2D eigenvalue weighted by molar-refractivity contribution is 5.96. The van der Waals surface area contributed by atoms with Crippen molar-refractivity contribution in [1.29, 1.82) is 0 Å². The molecule has 4 rings (SSSR count). The van der Waals surface area contributed by atoms with Gasteiger partial charge in [-0.1, -0.05) is 17.3 Å². The SMILES string of the molecule is COc1cccc(-c2cc(CC(=O)N3c4ccc(F)cc4CCC3C)no2)c1. The molecule has 1 aliphatic heterocycles. The molecule has 0 saturated heterocycles. The van der Waals surface area contributed by atoms with Gasteiger partial charge in [-0.3, -0.25) is 4.79 Å². The van der Waals surface area contributed by atoms with E-state index in [1.807, 2.05) is 31.2 Å². The Bertz CT molecular complexity index is 1010. The van der Waals surface area contributed by atoms with Gasteiger partial charge in [0, 0.05) is 23.4 Å². The van der Waals surface area contributed by atoms with Gasteiger partial charge in [0.25, 0.3) is 0 Å². The maximum absolute atomic E-state index is 13.6. The van der Waals surface area contributed by atoms with Crippen LogP contribution in [0.3, 0.4) is 0 Å². The number of carbonyl (C=O) groups excluding carboxylic acids is 1. The molecule has 1 amide bonds. The first-order valence-corrected chi connectivity index (χ1v) is 9.25. The van der Waals surface area contributed by atoms with E-state index in [0.29, 0.717) is 11.5 Å². The number of fused-ring (bicyclic) bond motifs is 1. The molecule has 1 atom stereocenters. The lowest BCUT2D eigenvalue weighted by Gasteiger charge is -2.35. The van der Waals surface area contributed by atoms with Crippen LogP contribution in [0.5, 0.6) is 5.75 Å². The van der Waals surface area contributed by atoms with E-state index in [2.05, 4.69) is 5.16 Å². The molecule has 2 heterocycles. The molecular formula is C22H21FN2O3. The van der Waals surface area contributed by atoms with Gasteiger partial charge in [-0.05, 0) is 55.7 Å². The fourth-order valence-electron chi connectivity index (χ4n) is 3.65. The zero-order valence-electron chi connectivity index (χ0n) is 15.8. The minimum atomic E-state index is -0.278. The zero-order chi connectivity index (χ0) is 19.7. The molecule has 3 aromatic rings. The number of aromatic nitrogens is 1. The summed E-state index contributed by atoms with van der Waals surface area (Å²) in [5.74, 6) is 0.944. The molecule has 0 N–H and O–H groups in total. The van der Waals surface area contributed by atoms with Crippen molar-refractivity contribution in [2.45, 2.75) is 32.2 Å². The number of nitrogens with zero attached hydrogens (tertiary/aromatic N) is 2. The number of methoxy groups -OCH3 is 1. The van der Waals surface area contributed by atoms with Crippen molar-refractivity contribution in [3.05, 3.63) is 65.6 Å². The second-order valence-corrected chi connectivity index (χ2v) is 7.02. The number of ether oxygens (including phenoxy) is 1. The molecule has 6 heteroatoms. The third-order valence-electron chi connectivity index (χ3n) is 5.09. The maximum atomic E-state index is 13.6. The number of anilines is 1. The first-order valence-electron chi connectivity index (χ1n) is 9.25. The van der Waals surface area contributed by atoms with Crippen molar-refractivity contribution in [2.75, 3.05) is 12.0 Å². The second kappa shape index (κ2) is 7.46. The molecule has 2 aromatic carbocycles. The molecule has 1 aromatic heterocycles. The van der Waals surface area contributed by atoms with Gasteiger partial charge in [0.15, 0.2) is 5.76 Å².